The first-order valence-corrected chi connectivity index (χ1v) is 10.7. The first-order chi connectivity index (χ1) is 14.8. The number of pyridine rings is 1. The molecule has 0 aliphatic rings. The van der Waals surface area contributed by atoms with E-state index in [0.29, 0.717) is 18.4 Å². The SMILES string of the molecule is O=c1[nH]ccc2cc(CCNCCc3ccc(C(F)(F)F)cc3)c3ccc(Br)cc3c12. The Hall–Kier alpha value is -2.64. The van der Waals surface area contributed by atoms with Gasteiger partial charge in [-0.05, 0) is 83.5 Å². The molecule has 160 valence electrons. The van der Waals surface area contributed by atoms with Crippen molar-refractivity contribution in [1.82, 2.24) is 10.3 Å². The van der Waals surface area contributed by atoms with Gasteiger partial charge in [0.1, 0.15) is 0 Å². The Kier molecular flexibility index (Phi) is 6.16. The maximum Gasteiger partial charge on any atom is 0.416 e. The monoisotopic (exact) mass is 488 g/mol. The van der Waals surface area contributed by atoms with E-state index in [1.54, 1.807) is 6.20 Å². The first-order valence-electron chi connectivity index (χ1n) is 9.92. The van der Waals surface area contributed by atoms with E-state index in [2.05, 4.69) is 32.3 Å². The number of rotatable bonds is 6. The van der Waals surface area contributed by atoms with Crippen molar-refractivity contribution >= 4 is 37.5 Å². The van der Waals surface area contributed by atoms with Gasteiger partial charge >= 0.3 is 6.18 Å². The number of fused-ring (bicyclic) bond motifs is 3. The zero-order valence-corrected chi connectivity index (χ0v) is 18.1. The summed E-state index contributed by atoms with van der Waals surface area (Å²) in [5, 5.41) is 6.89. The molecule has 3 aromatic carbocycles. The van der Waals surface area contributed by atoms with Crippen LogP contribution in [0.5, 0.6) is 0 Å². The van der Waals surface area contributed by atoms with Crippen molar-refractivity contribution in [2.24, 2.45) is 0 Å². The maximum atomic E-state index is 12.7. The van der Waals surface area contributed by atoms with Crippen LogP contribution < -0.4 is 10.9 Å². The quantitative estimate of drug-likeness (QED) is 0.264. The van der Waals surface area contributed by atoms with Crippen LogP contribution in [-0.2, 0) is 19.0 Å². The van der Waals surface area contributed by atoms with Gasteiger partial charge in [0.2, 0.25) is 0 Å². The average Bonchev–Trinajstić information content (AvgIpc) is 2.73. The lowest BCUT2D eigenvalue weighted by Crippen LogP contribution is -2.20. The van der Waals surface area contributed by atoms with Crippen LogP contribution in [0.1, 0.15) is 16.7 Å². The van der Waals surface area contributed by atoms with Crippen LogP contribution in [-0.4, -0.2) is 18.1 Å². The normalized spacial score (nSPS) is 12.0. The van der Waals surface area contributed by atoms with E-state index in [4.69, 9.17) is 0 Å². The summed E-state index contributed by atoms with van der Waals surface area (Å²) in [7, 11) is 0. The molecule has 0 unspecified atom stereocenters. The smallest absolute Gasteiger partial charge is 0.329 e. The minimum absolute atomic E-state index is 0.109. The molecule has 1 heterocycles. The zero-order valence-electron chi connectivity index (χ0n) is 16.5. The van der Waals surface area contributed by atoms with Crippen molar-refractivity contribution in [1.29, 1.82) is 0 Å². The van der Waals surface area contributed by atoms with E-state index in [0.717, 1.165) is 56.9 Å². The summed E-state index contributed by atoms with van der Waals surface area (Å²) in [6, 6.07) is 15.2. The lowest BCUT2D eigenvalue weighted by Gasteiger charge is -2.12. The fraction of sp³-hybridized carbons (Fsp3) is 0.208. The predicted octanol–water partition coefficient (Wildman–Crippen LogP) is 5.84. The van der Waals surface area contributed by atoms with Gasteiger partial charge in [0.05, 0.1) is 10.9 Å². The number of nitrogens with one attached hydrogen (secondary N) is 2. The molecule has 0 amide bonds. The molecule has 0 radical (unpaired) electrons. The average molecular weight is 489 g/mol. The van der Waals surface area contributed by atoms with Gasteiger partial charge in [-0.3, -0.25) is 4.79 Å². The topological polar surface area (TPSA) is 44.9 Å². The molecular formula is C24H20BrF3N2O. The van der Waals surface area contributed by atoms with Crippen LogP contribution in [0.25, 0.3) is 21.5 Å². The summed E-state index contributed by atoms with van der Waals surface area (Å²) < 4.78 is 38.9. The fourth-order valence-corrected chi connectivity index (χ4v) is 4.17. The van der Waals surface area contributed by atoms with E-state index in [1.807, 2.05) is 24.3 Å². The van der Waals surface area contributed by atoms with E-state index < -0.39 is 11.7 Å². The van der Waals surface area contributed by atoms with Crippen LogP contribution in [0.4, 0.5) is 13.2 Å². The Bertz CT molecular complexity index is 1280. The van der Waals surface area contributed by atoms with Gasteiger partial charge in [-0.15, -0.1) is 0 Å². The molecule has 7 heteroatoms. The molecule has 3 nitrogen and oxygen atoms in total. The van der Waals surface area contributed by atoms with Gasteiger partial charge in [-0.25, -0.2) is 0 Å². The minimum Gasteiger partial charge on any atom is -0.329 e. The molecule has 2 N–H and O–H groups in total. The highest BCUT2D eigenvalue weighted by Crippen LogP contribution is 2.30. The number of benzene rings is 3. The lowest BCUT2D eigenvalue weighted by atomic mass is 9.96. The summed E-state index contributed by atoms with van der Waals surface area (Å²) in [6.45, 7) is 1.39. The molecule has 4 aromatic rings. The number of hydrogen-bond acceptors (Lipinski definition) is 2. The van der Waals surface area contributed by atoms with Crippen molar-refractivity contribution in [2.45, 2.75) is 19.0 Å². The van der Waals surface area contributed by atoms with Gasteiger partial charge in [-0.2, -0.15) is 13.2 Å². The lowest BCUT2D eigenvalue weighted by molar-refractivity contribution is -0.137. The van der Waals surface area contributed by atoms with Gasteiger partial charge in [0.25, 0.3) is 5.56 Å². The zero-order chi connectivity index (χ0) is 22.0. The highest BCUT2D eigenvalue weighted by molar-refractivity contribution is 9.10. The van der Waals surface area contributed by atoms with E-state index >= 15 is 0 Å². The van der Waals surface area contributed by atoms with Crippen LogP contribution in [0.15, 0.2) is 70.1 Å². The Labute approximate surface area is 185 Å². The van der Waals surface area contributed by atoms with Crippen molar-refractivity contribution in [3.8, 4) is 0 Å². The second-order valence-electron chi connectivity index (χ2n) is 7.44. The Balaban J connectivity index is 1.44. The van der Waals surface area contributed by atoms with Crippen molar-refractivity contribution < 1.29 is 13.2 Å². The summed E-state index contributed by atoms with van der Waals surface area (Å²) in [5.74, 6) is 0. The van der Waals surface area contributed by atoms with Crippen molar-refractivity contribution in [3.05, 3.63) is 92.3 Å². The van der Waals surface area contributed by atoms with Gasteiger partial charge < -0.3 is 10.3 Å². The van der Waals surface area contributed by atoms with E-state index in [1.165, 1.54) is 12.1 Å². The van der Waals surface area contributed by atoms with Crippen LogP contribution in [0, 0.1) is 0 Å². The molecule has 0 atom stereocenters. The van der Waals surface area contributed by atoms with Gasteiger partial charge in [0, 0.05) is 10.7 Å². The summed E-state index contributed by atoms with van der Waals surface area (Å²) in [4.78, 5) is 15.1. The molecule has 0 bridgehead atoms. The van der Waals surface area contributed by atoms with Crippen LogP contribution in [0.3, 0.4) is 0 Å². The number of aromatic nitrogens is 1. The molecule has 4 rings (SSSR count). The molecule has 31 heavy (non-hydrogen) atoms. The molecule has 1 aromatic heterocycles. The number of aromatic amines is 1. The maximum absolute atomic E-state index is 12.7. The van der Waals surface area contributed by atoms with Gasteiger partial charge in [0.15, 0.2) is 0 Å². The third-order valence-electron chi connectivity index (χ3n) is 5.36. The highest BCUT2D eigenvalue weighted by atomic mass is 79.9. The second-order valence-corrected chi connectivity index (χ2v) is 8.36. The predicted molar refractivity (Wildman–Crippen MR) is 121 cm³/mol. The Morgan fingerprint density at radius 2 is 1.65 bits per heavy atom. The highest BCUT2D eigenvalue weighted by Gasteiger charge is 2.29. The molecule has 0 saturated heterocycles. The number of hydrogen-bond donors (Lipinski definition) is 2. The van der Waals surface area contributed by atoms with Crippen molar-refractivity contribution in [3.63, 3.8) is 0 Å². The first kappa shape index (κ1) is 21.6. The Morgan fingerprint density at radius 3 is 2.39 bits per heavy atom. The molecule has 0 fully saturated rings. The number of halogens is 4. The summed E-state index contributed by atoms with van der Waals surface area (Å²) in [5.41, 5.74) is 1.27. The third-order valence-corrected chi connectivity index (χ3v) is 5.86. The van der Waals surface area contributed by atoms with E-state index in [9.17, 15) is 18.0 Å². The number of H-pyrrole nitrogens is 1. The molecule has 0 aliphatic carbocycles. The third kappa shape index (κ3) is 4.83. The molecule has 0 spiro atoms. The van der Waals surface area contributed by atoms with Gasteiger partial charge in [-0.1, -0.05) is 40.2 Å². The largest absolute Gasteiger partial charge is 0.416 e. The van der Waals surface area contributed by atoms with Crippen LogP contribution >= 0.6 is 15.9 Å². The molecule has 0 aliphatic heterocycles. The Morgan fingerprint density at radius 1 is 0.903 bits per heavy atom. The standard InChI is InChI=1S/C24H20BrF3N2O/c25-19-5-6-20-16(13-17-9-12-30-23(31)22(17)21(20)14-19)8-11-29-10-7-15-1-3-18(4-2-15)24(26,27)28/h1-6,9,12-14,29H,7-8,10-11H2,(H,30,31). The van der Waals surface area contributed by atoms with Crippen molar-refractivity contribution in [2.75, 3.05) is 13.1 Å². The summed E-state index contributed by atoms with van der Waals surface area (Å²) >= 11 is 3.49. The number of alkyl halides is 3. The van der Waals surface area contributed by atoms with E-state index in [-0.39, 0.29) is 5.56 Å². The fourth-order valence-electron chi connectivity index (χ4n) is 3.81. The minimum atomic E-state index is -4.31. The summed E-state index contributed by atoms with van der Waals surface area (Å²) in [6.07, 6.45) is -1.23. The second kappa shape index (κ2) is 8.85. The van der Waals surface area contributed by atoms with Crippen LogP contribution in [0.2, 0.25) is 0 Å². The molecular weight excluding hydrogens is 469 g/mol. The molecule has 0 saturated carbocycles.